The molecule has 1 aliphatic heterocycles. The van der Waals surface area contributed by atoms with E-state index in [4.69, 9.17) is 11.6 Å². The first kappa shape index (κ1) is 11.9. The van der Waals surface area contributed by atoms with Crippen LogP contribution < -0.4 is 5.32 Å². The molecule has 0 unspecified atom stereocenters. The Kier molecular flexibility index (Phi) is 3.84. The Balaban J connectivity index is 2.19. The Morgan fingerprint density at radius 3 is 2.62 bits per heavy atom. The summed E-state index contributed by atoms with van der Waals surface area (Å²) < 4.78 is 0.832. The fourth-order valence-electron chi connectivity index (χ4n) is 1.73. The van der Waals surface area contributed by atoms with Crippen molar-refractivity contribution in [1.82, 2.24) is 10.2 Å². The van der Waals surface area contributed by atoms with Crippen LogP contribution in [0.1, 0.15) is 10.4 Å². The number of hydrogen-bond acceptors (Lipinski definition) is 2. The highest BCUT2D eigenvalue weighted by Gasteiger charge is 2.18. The predicted molar refractivity (Wildman–Crippen MR) is 67.9 cm³/mol. The van der Waals surface area contributed by atoms with Crippen LogP contribution in [0.15, 0.2) is 22.7 Å². The third kappa shape index (κ3) is 2.75. The lowest BCUT2D eigenvalue weighted by atomic mass is 10.2. The average Bonchev–Trinajstić information content (AvgIpc) is 2.28. The zero-order valence-electron chi connectivity index (χ0n) is 8.67. The fraction of sp³-hybridized carbons (Fsp3) is 0.364. The van der Waals surface area contributed by atoms with Gasteiger partial charge in [0.15, 0.2) is 0 Å². The predicted octanol–water partition coefficient (Wildman–Crippen LogP) is 2.15. The molecule has 1 heterocycles. The monoisotopic (exact) mass is 302 g/mol. The molecular formula is C11H12BrClN2O. The van der Waals surface area contributed by atoms with Crippen LogP contribution in [0.4, 0.5) is 0 Å². The molecule has 0 aliphatic carbocycles. The van der Waals surface area contributed by atoms with Crippen LogP contribution in [0.5, 0.6) is 0 Å². The number of carbonyl (C=O) groups excluding carboxylic acids is 1. The highest BCUT2D eigenvalue weighted by atomic mass is 79.9. The summed E-state index contributed by atoms with van der Waals surface area (Å²) in [5.41, 5.74) is 0.640. The number of halogens is 2. The Bertz CT molecular complexity index is 385. The first-order chi connectivity index (χ1) is 7.66. The lowest BCUT2D eigenvalue weighted by Crippen LogP contribution is -2.46. The van der Waals surface area contributed by atoms with Crippen molar-refractivity contribution in [2.45, 2.75) is 0 Å². The van der Waals surface area contributed by atoms with E-state index in [-0.39, 0.29) is 5.91 Å². The Morgan fingerprint density at radius 1 is 1.31 bits per heavy atom. The lowest BCUT2D eigenvalue weighted by molar-refractivity contribution is 0.0736. The third-order valence-corrected chi connectivity index (χ3v) is 3.19. The van der Waals surface area contributed by atoms with Crippen molar-refractivity contribution >= 4 is 33.4 Å². The van der Waals surface area contributed by atoms with Gasteiger partial charge in [-0.2, -0.15) is 0 Å². The van der Waals surface area contributed by atoms with Crippen LogP contribution in [-0.4, -0.2) is 37.0 Å². The minimum atomic E-state index is 0.0460. The normalized spacial score (nSPS) is 16.2. The first-order valence-electron chi connectivity index (χ1n) is 5.13. The van der Waals surface area contributed by atoms with Gasteiger partial charge in [0.05, 0.1) is 0 Å². The summed E-state index contributed by atoms with van der Waals surface area (Å²) in [6.07, 6.45) is 0. The van der Waals surface area contributed by atoms with E-state index in [9.17, 15) is 4.79 Å². The van der Waals surface area contributed by atoms with Crippen LogP contribution in [0.25, 0.3) is 0 Å². The van der Waals surface area contributed by atoms with E-state index >= 15 is 0 Å². The molecule has 1 aromatic rings. The summed E-state index contributed by atoms with van der Waals surface area (Å²) >= 11 is 9.26. The maximum atomic E-state index is 12.1. The molecule has 0 bridgehead atoms. The number of piperazine rings is 1. The number of hydrogen-bond donors (Lipinski definition) is 1. The molecule has 3 nitrogen and oxygen atoms in total. The zero-order valence-corrected chi connectivity index (χ0v) is 11.0. The van der Waals surface area contributed by atoms with Gasteiger partial charge in [-0.05, 0) is 18.2 Å². The lowest BCUT2D eigenvalue weighted by Gasteiger charge is -2.27. The summed E-state index contributed by atoms with van der Waals surface area (Å²) in [6, 6.07) is 5.28. The maximum Gasteiger partial charge on any atom is 0.254 e. The van der Waals surface area contributed by atoms with Crippen molar-refractivity contribution in [3.05, 3.63) is 33.3 Å². The number of nitrogens with one attached hydrogen (secondary N) is 1. The molecule has 0 atom stereocenters. The van der Waals surface area contributed by atoms with Crippen molar-refractivity contribution in [3.63, 3.8) is 0 Å². The molecule has 2 rings (SSSR count). The van der Waals surface area contributed by atoms with Gasteiger partial charge in [-0.3, -0.25) is 4.79 Å². The SMILES string of the molecule is O=C(c1cc(Cl)cc(Br)c1)N1CCNCC1. The number of rotatable bonds is 1. The number of amides is 1. The quantitative estimate of drug-likeness (QED) is 0.862. The van der Waals surface area contributed by atoms with Crippen molar-refractivity contribution in [2.24, 2.45) is 0 Å². The molecule has 16 heavy (non-hydrogen) atoms. The maximum absolute atomic E-state index is 12.1. The van der Waals surface area contributed by atoms with Crippen molar-refractivity contribution < 1.29 is 4.79 Å². The van der Waals surface area contributed by atoms with Gasteiger partial charge >= 0.3 is 0 Å². The van der Waals surface area contributed by atoms with Crippen molar-refractivity contribution in [2.75, 3.05) is 26.2 Å². The van der Waals surface area contributed by atoms with Crippen molar-refractivity contribution in [1.29, 1.82) is 0 Å². The topological polar surface area (TPSA) is 32.3 Å². The second-order valence-corrected chi connectivity index (χ2v) is 5.05. The highest BCUT2D eigenvalue weighted by Crippen LogP contribution is 2.20. The van der Waals surface area contributed by atoms with Gasteiger partial charge < -0.3 is 10.2 Å². The number of nitrogens with zero attached hydrogens (tertiary/aromatic N) is 1. The summed E-state index contributed by atoms with van der Waals surface area (Å²) in [5, 5.41) is 3.79. The van der Waals surface area contributed by atoms with Gasteiger partial charge in [-0.1, -0.05) is 27.5 Å². The van der Waals surface area contributed by atoms with E-state index in [1.54, 1.807) is 18.2 Å². The first-order valence-corrected chi connectivity index (χ1v) is 6.30. The molecule has 1 saturated heterocycles. The largest absolute Gasteiger partial charge is 0.336 e. The standard InChI is InChI=1S/C11H12BrClN2O/c12-9-5-8(6-10(13)7-9)11(16)15-3-1-14-2-4-15/h5-7,14H,1-4H2. The second-order valence-electron chi connectivity index (χ2n) is 3.70. The number of carbonyl (C=O) groups is 1. The molecule has 1 N–H and O–H groups in total. The van der Waals surface area contributed by atoms with Gasteiger partial charge in [0.1, 0.15) is 0 Å². The van der Waals surface area contributed by atoms with Gasteiger partial charge in [-0.25, -0.2) is 0 Å². The van der Waals surface area contributed by atoms with Crippen LogP contribution in [0.2, 0.25) is 5.02 Å². The molecule has 1 amide bonds. The molecular weight excluding hydrogens is 291 g/mol. The molecule has 5 heteroatoms. The van der Waals surface area contributed by atoms with Gasteiger partial charge in [-0.15, -0.1) is 0 Å². The average molecular weight is 304 g/mol. The van der Waals surface area contributed by atoms with Crippen LogP contribution in [-0.2, 0) is 0 Å². The minimum absolute atomic E-state index is 0.0460. The van der Waals surface area contributed by atoms with E-state index < -0.39 is 0 Å². The van der Waals surface area contributed by atoms with E-state index in [1.807, 2.05) is 4.90 Å². The fourth-order valence-corrected chi connectivity index (χ4v) is 2.59. The summed E-state index contributed by atoms with van der Waals surface area (Å²) in [6.45, 7) is 3.22. The van der Waals surface area contributed by atoms with Crippen LogP contribution >= 0.6 is 27.5 Å². The molecule has 0 aromatic heterocycles. The summed E-state index contributed by atoms with van der Waals surface area (Å²) in [5.74, 6) is 0.0460. The minimum Gasteiger partial charge on any atom is -0.336 e. The highest BCUT2D eigenvalue weighted by molar-refractivity contribution is 9.10. The van der Waals surface area contributed by atoms with Gasteiger partial charge in [0, 0.05) is 41.2 Å². The molecule has 1 fully saturated rings. The Labute approximate surface area is 108 Å². The second kappa shape index (κ2) is 5.17. The Morgan fingerprint density at radius 2 is 2.00 bits per heavy atom. The molecule has 1 aliphatic rings. The van der Waals surface area contributed by atoms with Crippen LogP contribution in [0.3, 0.4) is 0 Å². The van der Waals surface area contributed by atoms with E-state index in [0.717, 1.165) is 30.7 Å². The molecule has 0 spiro atoms. The smallest absolute Gasteiger partial charge is 0.254 e. The molecule has 86 valence electrons. The molecule has 1 aromatic carbocycles. The van der Waals surface area contributed by atoms with Crippen LogP contribution in [0, 0.1) is 0 Å². The van der Waals surface area contributed by atoms with Crippen molar-refractivity contribution in [3.8, 4) is 0 Å². The zero-order chi connectivity index (χ0) is 11.5. The van der Waals surface area contributed by atoms with Gasteiger partial charge in [0.25, 0.3) is 5.91 Å². The summed E-state index contributed by atoms with van der Waals surface area (Å²) in [4.78, 5) is 14.0. The third-order valence-electron chi connectivity index (χ3n) is 2.51. The molecule has 0 radical (unpaired) electrons. The van der Waals surface area contributed by atoms with Gasteiger partial charge in [0.2, 0.25) is 0 Å². The van der Waals surface area contributed by atoms with E-state index in [0.29, 0.717) is 10.6 Å². The Hall–Kier alpha value is -0.580. The number of benzene rings is 1. The molecule has 0 saturated carbocycles. The summed E-state index contributed by atoms with van der Waals surface area (Å²) in [7, 11) is 0. The van der Waals surface area contributed by atoms with E-state index in [2.05, 4.69) is 21.2 Å². The van der Waals surface area contributed by atoms with E-state index in [1.165, 1.54) is 0 Å².